The van der Waals surface area contributed by atoms with E-state index < -0.39 is 0 Å². The smallest absolute Gasteiger partial charge is 0.229 e. The molecule has 13 heavy (non-hydrogen) atoms. The summed E-state index contributed by atoms with van der Waals surface area (Å²) in [4.78, 5) is -0.346. The van der Waals surface area contributed by atoms with Crippen LogP contribution in [0.3, 0.4) is 0 Å². The fourth-order valence-corrected chi connectivity index (χ4v) is 1.13. The molecular weight excluding hydrogens is 166 g/mol. The Morgan fingerprint density at radius 1 is 1.31 bits per heavy atom. The van der Waals surface area contributed by atoms with Crippen LogP contribution in [-0.4, -0.2) is 10.6 Å². The van der Waals surface area contributed by atoms with Crippen LogP contribution >= 0.6 is 0 Å². The van der Waals surface area contributed by atoms with Crippen LogP contribution in [-0.2, 0) is 0 Å². The SMILES string of the molecule is CCC/C=C1/C=CC=CC1=[N+]([O-])[O-]. The third kappa shape index (κ3) is 2.47. The summed E-state index contributed by atoms with van der Waals surface area (Å²) in [6.45, 7) is 2.05. The van der Waals surface area contributed by atoms with Gasteiger partial charge in [0.25, 0.3) is 0 Å². The second-order valence-electron chi connectivity index (χ2n) is 2.81. The third-order valence-corrected chi connectivity index (χ3v) is 1.79. The Hall–Kier alpha value is -1.51. The highest BCUT2D eigenvalue weighted by Gasteiger charge is 2.08. The van der Waals surface area contributed by atoms with Crippen molar-refractivity contribution in [2.24, 2.45) is 0 Å². The van der Waals surface area contributed by atoms with Crippen molar-refractivity contribution in [3.05, 3.63) is 46.4 Å². The van der Waals surface area contributed by atoms with Gasteiger partial charge in [0.15, 0.2) is 0 Å². The molecule has 70 valence electrons. The van der Waals surface area contributed by atoms with Gasteiger partial charge in [0.05, 0.1) is 0 Å². The molecule has 0 N–H and O–H groups in total. The number of nitrogens with zero attached hydrogens (tertiary/aromatic N) is 1. The van der Waals surface area contributed by atoms with Gasteiger partial charge in [-0.3, -0.25) is 0 Å². The van der Waals surface area contributed by atoms with E-state index in [2.05, 4.69) is 0 Å². The third-order valence-electron chi connectivity index (χ3n) is 1.79. The minimum Gasteiger partial charge on any atom is -0.612 e. The molecule has 3 nitrogen and oxygen atoms in total. The lowest BCUT2D eigenvalue weighted by atomic mass is 10.0. The van der Waals surface area contributed by atoms with Crippen molar-refractivity contribution >= 4 is 5.71 Å². The van der Waals surface area contributed by atoms with Gasteiger partial charge in [-0.1, -0.05) is 31.6 Å². The summed E-state index contributed by atoms with van der Waals surface area (Å²) >= 11 is 0. The molecule has 0 spiro atoms. The Labute approximate surface area is 77.6 Å². The second kappa shape index (κ2) is 4.50. The van der Waals surface area contributed by atoms with E-state index >= 15 is 0 Å². The number of hydrogen-bond acceptors (Lipinski definition) is 2. The first-order valence-corrected chi connectivity index (χ1v) is 4.32. The van der Waals surface area contributed by atoms with Crippen molar-refractivity contribution in [3.8, 4) is 0 Å². The van der Waals surface area contributed by atoms with Gasteiger partial charge in [0.1, 0.15) is 0 Å². The zero-order valence-electron chi connectivity index (χ0n) is 7.56. The Kier molecular flexibility index (Phi) is 3.31. The monoisotopic (exact) mass is 178 g/mol. The van der Waals surface area contributed by atoms with Crippen molar-refractivity contribution in [2.75, 3.05) is 0 Å². The van der Waals surface area contributed by atoms with E-state index in [9.17, 15) is 10.4 Å². The fraction of sp³-hybridized carbons (Fsp3) is 0.300. The highest BCUT2D eigenvalue weighted by atomic mass is 16.8. The van der Waals surface area contributed by atoms with Crippen LogP contribution in [0.1, 0.15) is 19.8 Å². The van der Waals surface area contributed by atoms with Crippen LogP contribution < -0.4 is 0 Å². The van der Waals surface area contributed by atoms with Gasteiger partial charge in [-0.25, -0.2) is 0 Å². The Morgan fingerprint density at radius 3 is 2.62 bits per heavy atom. The maximum absolute atomic E-state index is 10.6. The predicted molar refractivity (Wildman–Crippen MR) is 53.3 cm³/mol. The quantitative estimate of drug-likeness (QED) is 0.481. The molecule has 0 aromatic carbocycles. The summed E-state index contributed by atoms with van der Waals surface area (Å²) in [5.74, 6) is 0. The van der Waals surface area contributed by atoms with Gasteiger partial charge < -0.3 is 10.4 Å². The number of rotatable bonds is 2. The van der Waals surface area contributed by atoms with Gasteiger partial charge in [-0.2, -0.15) is 4.90 Å². The molecule has 0 amide bonds. The molecule has 0 aliphatic heterocycles. The van der Waals surface area contributed by atoms with E-state index in [1.54, 1.807) is 12.2 Å². The summed E-state index contributed by atoms with van der Waals surface area (Å²) in [7, 11) is 0. The molecule has 0 saturated heterocycles. The number of allylic oxidation sites excluding steroid dienone is 6. The maximum atomic E-state index is 10.6. The average Bonchev–Trinajstić information content (AvgIpc) is 2.15. The molecular formula is C10H12NO2-. The first-order chi connectivity index (χ1) is 6.25. The fourth-order valence-electron chi connectivity index (χ4n) is 1.13. The van der Waals surface area contributed by atoms with Crippen molar-refractivity contribution in [1.82, 2.24) is 0 Å². The van der Waals surface area contributed by atoms with Crippen molar-refractivity contribution in [2.45, 2.75) is 19.8 Å². The zero-order valence-corrected chi connectivity index (χ0v) is 7.56. The highest BCUT2D eigenvalue weighted by molar-refractivity contribution is 6.08. The molecule has 1 aliphatic rings. The van der Waals surface area contributed by atoms with Crippen LogP contribution in [0.4, 0.5) is 0 Å². The molecule has 3 heteroatoms. The summed E-state index contributed by atoms with van der Waals surface area (Å²) in [5, 5.41) is 21.1. The van der Waals surface area contributed by atoms with Crippen LogP contribution in [0.2, 0.25) is 0 Å². The summed E-state index contributed by atoms with van der Waals surface area (Å²) < 4.78 is 0. The van der Waals surface area contributed by atoms with E-state index in [0.29, 0.717) is 5.57 Å². The lowest BCUT2D eigenvalue weighted by Gasteiger charge is -2.10. The largest absolute Gasteiger partial charge is 0.612 e. The van der Waals surface area contributed by atoms with Gasteiger partial charge in [0.2, 0.25) is 5.71 Å². The molecule has 0 heterocycles. The van der Waals surface area contributed by atoms with Crippen LogP contribution in [0, 0.1) is 10.4 Å². The van der Waals surface area contributed by atoms with Crippen LogP contribution in [0.5, 0.6) is 0 Å². The minimum absolute atomic E-state index is 0.191. The van der Waals surface area contributed by atoms with Crippen molar-refractivity contribution in [3.63, 3.8) is 0 Å². The van der Waals surface area contributed by atoms with E-state index in [4.69, 9.17) is 0 Å². The molecule has 0 fully saturated rings. The molecule has 0 aromatic heterocycles. The molecule has 1 rings (SSSR count). The summed E-state index contributed by atoms with van der Waals surface area (Å²) in [5.41, 5.74) is 0.908. The van der Waals surface area contributed by atoms with Crippen molar-refractivity contribution in [1.29, 1.82) is 0 Å². The van der Waals surface area contributed by atoms with Crippen LogP contribution in [0.25, 0.3) is 0 Å². The first kappa shape index (κ1) is 9.58. The van der Waals surface area contributed by atoms with E-state index in [1.807, 2.05) is 19.1 Å². The van der Waals surface area contributed by atoms with Gasteiger partial charge in [0, 0.05) is 11.6 Å². The molecule has 0 unspecified atom stereocenters. The summed E-state index contributed by atoms with van der Waals surface area (Å²) in [6.07, 6.45) is 10.6. The van der Waals surface area contributed by atoms with Crippen molar-refractivity contribution < 1.29 is 4.90 Å². The first-order valence-electron chi connectivity index (χ1n) is 4.32. The van der Waals surface area contributed by atoms with Gasteiger partial charge in [-0.05, 0) is 12.5 Å². The lowest BCUT2D eigenvalue weighted by Crippen LogP contribution is -2.11. The summed E-state index contributed by atoms with van der Waals surface area (Å²) in [6, 6.07) is 0. The van der Waals surface area contributed by atoms with Gasteiger partial charge in [-0.15, -0.1) is 0 Å². The standard InChI is InChI=1S/C10H12NO2/c1-2-3-6-9-7-4-5-8-10(9)11(12)13/h4-8H,2-3H2,1H3/q-1/b9-6-. The Bertz CT molecular complexity index is 294. The lowest BCUT2D eigenvalue weighted by molar-refractivity contribution is -0.377. The average molecular weight is 178 g/mol. The van der Waals surface area contributed by atoms with E-state index in [-0.39, 0.29) is 10.6 Å². The number of unbranched alkanes of at least 4 members (excludes halogenated alkanes) is 1. The molecule has 0 saturated carbocycles. The van der Waals surface area contributed by atoms with Crippen LogP contribution in [0.15, 0.2) is 36.0 Å². The topological polar surface area (TPSA) is 49.1 Å². The maximum Gasteiger partial charge on any atom is 0.229 e. The van der Waals surface area contributed by atoms with E-state index in [0.717, 1.165) is 12.8 Å². The molecule has 0 atom stereocenters. The zero-order chi connectivity index (χ0) is 9.68. The Morgan fingerprint density at radius 2 is 2.00 bits per heavy atom. The minimum atomic E-state index is -0.346. The molecule has 1 aliphatic carbocycles. The van der Waals surface area contributed by atoms with E-state index in [1.165, 1.54) is 6.08 Å². The highest BCUT2D eigenvalue weighted by Crippen LogP contribution is 2.09. The molecule has 0 radical (unpaired) electrons. The molecule has 0 aromatic rings. The second-order valence-corrected chi connectivity index (χ2v) is 2.81. The Balaban J connectivity index is 2.90. The van der Waals surface area contributed by atoms with Gasteiger partial charge >= 0.3 is 0 Å². The normalized spacial score (nSPS) is 18.2. The molecule has 0 bridgehead atoms. The predicted octanol–water partition coefficient (Wildman–Crippen LogP) is 2.29. The number of hydrogen-bond donors (Lipinski definition) is 0.